The fraction of sp³-hybridized carbons (Fsp3) is 0.278. The molecule has 0 spiro atoms. The minimum Gasteiger partial charge on any atom is -0.349 e. The van der Waals surface area contributed by atoms with Gasteiger partial charge in [-0.05, 0) is 5.56 Å². The average Bonchev–Trinajstić information content (AvgIpc) is 3.32. The van der Waals surface area contributed by atoms with E-state index >= 15 is 0 Å². The zero-order chi connectivity index (χ0) is 19.7. The molecule has 2 atom stereocenters. The Morgan fingerprint density at radius 3 is 2.46 bits per heavy atom. The van der Waals surface area contributed by atoms with Crippen LogP contribution >= 0.6 is 0 Å². The molecular weight excluding hydrogens is 383 g/mol. The van der Waals surface area contributed by atoms with Crippen molar-refractivity contribution >= 4 is 16.0 Å². The van der Waals surface area contributed by atoms with E-state index in [-0.39, 0.29) is 29.5 Å². The van der Waals surface area contributed by atoms with Gasteiger partial charge in [-0.3, -0.25) is 0 Å². The molecule has 0 bridgehead atoms. The highest BCUT2D eigenvalue weighted by molar-refractivity contribution is 7.89. The molecule has 1 fully saturated rings. The number of hydrogen-bond acceptors (Lipinski definition) is 6. The van der Waals surface area contributed by atoms with Crippen LogP contribution in [0.4, 0.5) is 10.3 Å². The maximum absolute atomic E-state index is 13.1. The highest BCUT2D eigenvalue weighted by atomic mass is 32.2. The molecule has 8 nitrogen and oxygen atoms in total. The maximum Gasteiger partial charge on any atom is 0.262 e. The second-order valence-corrected chi connectivity index (χ2v) is 8.58. The Bertz CT molecular complexity index is 1060. The molecule has 0 aliphatic carbocycles. The third-order valence-electron chi connectivity index (χ3n) is 4.73. The van der Waals surface area contributed by atoms with Crippen LogP contribution in [0.5, 0.6) is 0 Å². The summed E-state index contributed by atoms with van der Waals surface area (Å²) in [6.45, 7) is 0.515. The number of aromatic nitrogens is 4. The topological polar surface area (TPSA) is 93.0 Å². The molecule has 1 aromatic carbocycles. The first-order valence-corrected chi connectivity index (χ1v) is 10.1. The SMILES string of the molecule is Cn1cnc(S(=O)(=O)N2C[C@H](Nc3ncc(F)cn3)[C@@H](c3ccccc3)C2)c1. The first kappa shape index (κ1) is 18.5. The van der Waals surface area contributed by atoms with Crippen molar-refractivity contribution < 1.29 is 12.8 Å². The lowest BCUT2D eigenvalue weighted by Crippen LogP contribution is -2.32. The van der Waals surface area contributed by atoms with Crippen molar-refractivity contribution in [2.75, 3.05) is 18.4 Å². The zero-order valence-corrected chi connectivity index (χ0v) is 15.9. The molecular formula is C18H19FN6O2S. The number of halogens is 1. The second kappa shape index (κ2) is 7.28. The van der Waals surface area contributed by atoms with Gasteiger partial charge in [0.25, 0.3) is 10.0 Å². The van der Waals surface area contributed by atoms with Crippen molar-refractivity contribution in [2.45, 2.75) is 17.0 Å². The van der Waals surface area contributed by atoms with Crippen LogP contribution in [0.2, 0.25) is 0 Å². The van der Waals surface area contributed by atoms with Gasteiger partial charge in [-0.1, -0.05) is 30.3 Å². The van der Waals surface area contributed by atoms with Gasteiger partial charge in [-0.15, -0.1) is 0 Å². The van der Waals surface area contributed by atoms with Crippen LogP contribution in [0.25, 0.3) is 0 Å². The van der Waals surface area contributed by atoms with Gasteiger partial charge in [0.2, 0.25) is 5.95 Å². The molecule has 0 unspecified atom stereocenters. The molecule has 0 radical (unpaired) electrons. The van der Waals surface area contributed by atoms with E-state index in [1.54, 1.807) is 11.6 Å². The monoisotopic (exact) mass is 402 g/mol. The summed E-state index contributed by atoms with van der Waals surface area (Å²) in [5.74, 6) is -0.395. The van der Waals surface area contributed by atoms with Crippen LogP contribution in [0.15, 0.2) is 60.3 Å². The second-order valence-electron chi connectivity index (χ2n) is 6.69. The van der Waals surface area contributed by atoms with E-state index in [0.717, 1.165) is 18.0 Å². The Morgan fingerprint density at radius 1 is 1.11 bits per heavy atom. The fourth-order valence-electron chi connectivity index (χ4n) is 3.36. The van der Waals surface area contributed by atoms with Gasteiger partial charge < -0.3 is 9.88 Å². The standard InChI is InChI=1S/C18H19FN6O2S/c1-24-11-17(22-12-24)28(26,27)25-9-15(13-5-3-2-4-6-13)16(10-25)23-18-20-7-14(19)8-21-18/h2-8,11-12,15-16H,9-10H2,1H3,(H,20,21,23)/t15-,16+/m1/s1. The molecule has 1 aliphatic heterocycles. The molecule has 28 heavy (non-hydrogen) atoms. The van der Waals surface area contributed by atoms with Crippen molar-refractivity contribution in [3.63, 3.8) is 0 Å². The minimum atomic E-state index is -3.73. The Morgan fingerprint density at radius 2 is 1.82 bits per heavy atom. The molecule has 0 amide bonds. The highest BCUT2D eigenvalue weighted by Crippen LogP contribution is 2.32. The third kappa shape index (κ3) is 3.60. The van der Waals surface area contributed by atoms with Crippen LogP contribution in [-0.4, -0.2) is 51.4 Å². The van der Waals surface area contributed by atoms with Crippen LogP contribution in [0.3, 0.4) is 0 Å². The van der Waals surface area contributed by atoms with Crippen molar-refractivity contribution in [1.29, 1.82) is 0 Å². The molecule has 4 rings (SSSR count). The normalized spacial score (nSPS) is 20.4. The Kier molecular flexibility index (Phi) is 4.82. The zero-order valence-electron chi connectivity index (χ0n) is 15.1. The van der Waals surface area contributed by atoms with Gasteiger partial charge >= 0.3 is 0 Å². The molecule has 146 valence electrons. The summed E-state index contributed by atoms with van der Waals surface area (Å²) in [5.41, 5.74) is 1.00. The van der Waals surface area contributed by atoms with Crippen LogP contribution in [0.1, 0.15) is 11.5 Å². The summed E-state index contributed by atoms with van der Waals surface area (Å²) in [5, 5.41) is 3.17. The van der Waals surface area contributed by atoms with E-state index in [4.69, 9.17) is 0 Å². The predicted molar refractivity (Wildman–Crippen MR) is 101 cm³/mol. The number of anilines is 1. The molecule has 3 aromatic rings. The molecule has 3 heterocycles. The largest absolute Gasteiger partial charge is 0.349 e. The summed E-state index contributed by atoms with van der Waals surface area (Å²) in [6, 6.07) is 9.38. The lowest BCUT2D eigenvalue weighted by Gasteiger charge is -2.19. The molecule has 0 saturated carbocycles. The Balaban J connectivity index is 1.64. The van der Waals surface area contributed by atoms with Gasteiger partial charge in [0.05, 0.1) is 24.8 Å². The van der Waals surface area contributed by atoms with Crippen molar-refractivity contribution in [1.82, 2.24) is 23.8 Å². The number of aryl methyl sites for hydroxylation is 1. The van der Waals surface area contributed by atoms with Crippen molar-refractivity contribution in [3.8, 4) is 0 Å². The number of rotatable bonds is 5. The van der Waals surface area contributed by atoms with Gasteiger partial charge in [0, 0.05) is 32.3 Å². The van der Waals surface area contributed by atoms with Crippen LogP contribution in [-0.2, 0) is 17.1 Å². The summed E-state index contributed by atoms with van der Waals surface area (Å²) in [7, 11) is -2.01. The lowest BCUT2D eigenvalue weighted by molar-refractivity contribution is 0.468. The number of nitrogens with one attached hydrogen (secondary N) is 1. The van der Waals surface area contributed by atoms with Gasteiger partial charge in [-0.25, -0.2) is 27.8 Å². The van der Waals surface area contributed by atoms with Crippen molar-refractivity contribution in [3.05, 3.63) is 66.6 Å². The van der Waals surface area contributed by atoms with E-state index in [1.807, 2.05) is 30.3 Å². The van der Waals surface area contributed by atoms with E-state index in [2.05, 4.69) is 20.3 Å². The van der Waals surface area contributed by atoms with E-state index in [9.17, 15) is 12.8 Å². The summed E-state index contributed by atoms with van der Waals surface area (Å²) >= 11 is 0. The van der Waals surface area contributed by atoms with Crippen molar-refractivity contribution in [2.24, 2.45) is 7.05 Å². The Labute approximate surface area is 162 Å². The van der Waals surface area contributed by atoms with Crippen LogP contribution in [0, 0.1) is 5.82 Å². The summed E-state index contributed by atoms with van der Waals surface area (Å²) < 4.78 is 42.1. The van der Waals surface area contributed by atoms with Gasteiger partial charge in [0.15, 0.2) is 10.8 Å². The molecule has 1 saturated heterocycles. The number of sulfonamides is 1. The summed E-state index contributed by atoms with van der Waals surface area (Å²) in [6.07, 6.45) is 5.09. The number of imidazole rings is 1. The van der Waals surface area contributed by atoms with Gasteiger partial charge in [-0.2, -0.15) is 4.31 Å². The molecule has 2 aromatic heterocycles. The number of nitrogens with zero attached hydrogens (tertiary/aromatic N) is 5. The van der Waals surface area contributed by atoms with E-state index in [1.165, 1.54) is 16.8 Å². The molecule has 1 N–H and O–H groups in total. The fourth-order valence-corrected chi connectivity index (χ4v) is 4.81. The Hall–Kier alpha value is -2.85. The highest BCUT2D eigenvalue weighted by Gasteiger charge is 2.41. The number of hydrogen-bond donors (Lipinski definition) is 1. The number of benzene rings is 1. The maximum atomic E-state index is 13.1. The average molecular weight is 402 g/mol. The predicted octanol–water partition coefficient (Wildman–Crippen LogP) is 1.62. The first-order valence-electron chi connectivity index (χ1n) is 8.70. The first-order chi connectivity index (χ1) is 13.4. The van der Waals surface area contributed by atoms with E-state index < -0.39 is 15.8 Å². The molecule has 10 heteroatoms. The quantitative estimate of drug-likeness (QED) is 0.697. The lowest BCUT2D eigenvalue weighted by atomic mass is 9.94. The van der Waals surface area contributed by atoms with Gasteiger partial charge in [0.1, 0.15) is 0 Å². The van der Waals surface area contributed by atoms with E-state index in [0.29, 0.717) is 6.54 Å². The van der Waals surface area contributed by atoms with Crippen LogP contribution < -0.4 is 5.32 Å². The third-order valence-corrected chi connectivity index (χ3v) is 6.45. The molecule has 1 aliphatic rings. The summed E-state index contributed by atoms with van der Waals surface area (Å²) in [4.78, 5) is 11.9. The minimum absolute atomic E-state index is 0.0143. The smallest absolute Gasteiger partial charge is 0.262 e.